The first-order chi connectivity index (χ1) is 19.9. The van der Waals surface area contributed by atoms with E-state index in [0.29, 0.717) is 41.3 Å². The third-order valence-corrected chi connectivity index (χ3v) is 6.36. The highest BCUT2D eigenvalue weighted by atomic mass is 19.1. The Morgan fingerprint density at radius 3 is 2.29 bits per heavy atom. The Morgan fingerprint density at radius 2 is 1.56 bits per heavy atom. The van der Waals surface area contributed by atoms with Gasteiger partial charge in [-0.3, -0.25) is 9.59 Å². The summed E-state index contributed by atoms with van der Waals surface area (Å²) in [4.78, 5) is 37.2. The lowest BCUT2D eigenvalue weighted by molar-refractivity contribution is -0.137. The van der Waals surface area contributed by atoms with E-state index in [2.05, 4.69) is 10.6 Å². The average molecular weight is 555 g/mol. The molecule has 0 fully saturated rings. The van der Waals surface area contributed by atoms with Crippen molar-refractivity contribution in [1.29, 1.82) is 0 Å². The first kappa shape index (κ1) is 29.2. The van der Waals surface area contributed by atoms with Crippen LogP contribution < -0.4 is 15.4 Å². The highest BCUT2D eigenvalue weighted by molar-refractivity contribution is 6.12. The van der Waals surface area contributed by atoms with E-state index in [1.165, 1.54) is 12.1 Å². The molecule has 0 spiro atoms. The number of halogens is 1. The Morgan fingerprint density at radius 1 is 0.829 bits per heavy atom. The summed E-state index contributed by atoms with van der Waals surface area (Å²) in [7, 11) is 0. The summed E-state index contributed by atoms with van der Waals surface area (Å²) >= 11 is 0. The molecule has 8 heteroatoms. The number of benzene rings is 4. The Hall–Kier alpha value is -4.82. The number of nitrogens with one attached hydrogen (secondary N) is 2. The predicted octanol–water partition coefficient (Wildman–Crippen LogP) is 4.94. The summed E-state index contributed by atoms with van der Waals surface area (Å²) in [5.41, 5.74) is 2.80. The van der Waals surface area contributed by atoms with E-state index in [0.717, 1.165) is 5.56 Å². The van der Waals surface area contributed by atoms with Crippen molar-refractivity contribution in [3.63, 3.8) is 0 Å². The molecule has 0 amide bonds. The van der Waals surface area contributed by atoms with Crippen LogP contribution in [0.2, 0.25) is 0 Å². The third-order valence-electron chi connectivity index (χ3n) is 6.36. The molecule has 1 unspecified atom stereocenters. The lowest BCUT2D eigenvalue weighted by atomic mass is 10.00. The number of ketones is 2. The molecule has 1 atom stereocenters. The number of Topliss-reactive ketones (excluding diaryl/α,β-unsaturated/α-hetero) is 1. The lowest BCUT2D eigenvalue weighted by Gasteiger charge is -2.18. The van der Waals surface area contributed by atoms with E-state index < -0.39 is 12.0 Å². The van der Waals surface area contributed by atoms with Gasteiger partial charge in [-0.05, 0) is 47.5 Å². The van der Waals surface area contributed by atoms with Crippen molar-refractivity contribution in [3.8, 4) is 5.75 Å². The topological polar surface area (TPSA) is 105 Å². The van der Waals surface area contributed by atoms with Crippen molar-refractivity contribution in [1.82, 2.24) is 5.32 Å². The van der Waals surface area contributed by atoms with Gasteiger partial charge in [0.15, 0.2) is 11.6 Å². The molecule has 4 rings (SSSR count). The standard InChI is InChI=1S/C33H31FN2O5/c34-26-10-6-7-24(19-26)20-27(37)22-35-17-18-41-28-15-13-23(14-16-28)21-31(33(39)40)36-30-12-5-4-11-29(30)32(38)25-8-2-1-3-9-25/h1-16,19,31,35-36H,17-18,20-22H2,(H,39,40). The van der Waals surface area contributed by atoms with Gasteiger partial charge in [-0.1, -0.05) is 66.7 Å². The number of carboxylic acids is 1. The van der Waals surface area contributed by atoms with Crippen LogP contribution in [0.3, 0.4) is 0 Å². The van der Waals surface area contributed by atoms with E-state index in [4.69, 9.17) is 4.74 Å². The van der Waals surface area contributed by atoms with Crippen LogP contribution in [0.4, 0.5) is 10.1 Å². The Bertz CT molecular complexity index is 1470. The maximum Gasteiger partial charge on any atom is 0.326 e. The molecule has 0 aliphatic rings. The minimum Gasteiger partial charge on any atom is -0.492 e. The number of ether oxygens (including phenoxy) is 1. The fraction of sp³-hybridized carbons (Fsp3) is 0.182. The molecule has 0 saturated heterocycles. The van der Waals surface area contributed by atoms with Gasteiger partial charge < -0.3 is 20.5 Å². The van der Waals surface area contributed by atoms with Gasteiger partial charge in [-0.15, -0.1) is 0 Å². The molecule has 0 aromatic heterocycles. The van der Waals surface area contributed by atoms with Crippen LogP contribution in [-0.2, 0) is 22.4 Å². The molecule has 4 aromatic rings. The molecule has 0 bridgehead atoms. The zero-order chi connectivity index (χ0) is 29.0. The van der Waals surface area contributed by atoms with Gasteiger partial charge in [-0.25, -0.2) is 9.18 Å². The van der Waals surface area contributed by atoms with Crippen molar-refractivity contribution in [2.75, 3.05) is 25.0 Å². The largest absolute Gasteiger partial charge is 0.492 e. The minimum atomic E-state index is -1.04. The summed E-state index contributed by atoms with van der Waals surface area (Å²) < 4.78 is 19.0. The second-order valence-corrected chi connectivity index (χ2v) is 9.49. The van der Waals surface area contributed by atoms with Crippen LogP contribution in [-0.4, -0.2) is 48.4 Å². The summed E-state index contributed by atoms with van der Waals surface area (Å²) in [5, 5.41) is 15.9. The fourth-order valence-electron chi connectivity index (χ4n) is 4.30. The Labute approximate surface area is 238 Å². The van der Waals surface area contributed by atoms with Crippen LogP contribution in [0.1, 0.15) is 27.0 Å². The van der Waals surface area contributed by atoms with E-state index in [1.807, 2.05) is 6.07 Å². The number of para-hydroxylation sites is 1. The van der Waals surface area contributed by atoms with Gasteiger partial charge in [0.2, 0.25) is 0 Å². The third kappa shape index (κ3) is 8.84. The van der Waals surface area contributed by atoms with Gasteiger partial charge in [0.25, 0.3) is 0 Å². The highest BCUT2D eigenvalue weighted by Gasteiger charge is 2.21. The number of carboxylic acid groups (broad SMARTS) is 1. The zero-order valence-electron chi connectivity index (χ0n) is 22.4. The van der Waals surface area contributed by atoms with Crippen molar-refractivity contribution in [2.45, 2.75) is 18.9 Å². The molecular weight excluding hydrogens is 523 g/mol. The van der Waals surface area contributed by atoms with Gasteiger partial charge >= 0.3 is 5.97 Å². The normalized spacial score (nSPS) is 11.4. The number of rotatable bonds is 15. The molecule has 0 aliphatic heterocycles. The first-order valence-electron chi connectivity index (χ1n) is 13.3. The second-order valence-electron chi connectivity index (χ2n) is 9.49. The summed E-state index contributed by atoms with van der Waals surface area (Å²) in [6.07, 6.45) is 0.354. The van der Waals surface area contributed by atoms with E-state index in [1.54, 1.807) is 84.9 Å². The number of hydrogen-bond donors (Lipinski definition) is 3. The summed E-state index contributed by atoms with van der Waals surface area (Å²) in [6.45, 7) is 0.934. The van der Waals surface area contributed by atoms with Crippen molar-refractivity contribution in [3.05, 3.63) is 131 Å². The minimum absolute atomic E-state index is 0.0476. The van der Waals surface area contributed by atoms with Crippen molar-refractivity contribution >= 4 is 23.2 Å². The lowest BCUT2D eigenvalue weighted by Crippen LogP contribution is -2.32. The van der Waals surface area contributed by atoms with Gasteiger partial charge in [0, 0.05) is 36.2 Å². The number of carbonyl (C=O) groups is 3. The van der Waals surface area contributed by atoms with Gasteiger partial charge in [-0.2, -0.15) is 0 Å². The number of anilines is 1. The molecular formula is C33H31FN2O5. The smallest absolute Gasteiger partial charge is 0.326 e. The Balaban J connectivity index is 1.26. The SMILES string of the molecule is O=C(CNCCOc1ccc(CC(Nc2ccccc2C(=O)c2ccccc2)C(=O)O)cc1)Cc1cccc(F)c1. The van der Waals surface area contributed by atoms with Crippen LogP contribution in [0.25, 0.3) is 0 Å². The van der Waals surface area contributed by atoms with Crippen molar-refractivity contribution < 1.29 is 28.6 Å². The number of aliphatic carboxylic acids is 1. The molecule has 7 nitrogen and oxygen atoms in total. The molecule has 0 saturated carbocycles. The molecule has 0 radical (unpaired) electrons. The molecule has 4 aromatic carbocycles. The molecule has 0 aliphatic carbocycles. The highest BCUT2D eigenvalue weighted by Crippen LogP contribution is 2.22. The molecule has 3 N–H and O–H groups in total. The molecule has 0 heterocycles. The summed E-state index contributed by atoms with van der Waals surface area (Å²) in [5.74, 6) is -1.03. The maximum absolute atomic E-state index is 13.3. The van der Waals surface area contributed by atoms with E-state index in [9.17, 15) is 23.9 Å². The molecule has 41 heavy (non-hydrogen) atoms. The summed E-state index contributed by atoms with van der Waals surface area (Å²) in [6, 6.07) is 27.9. The maximum atomic E-state index is 13.3. The quantitative estimate of drug-likeness (QED) is 0.141. The first-order valence-corrected chi connectivity index (χ1v) is 13.3. The second kappa shape index (κ2) is 14.5. The van der Waals surface area contributed by atoms with Crippen LogP contribution in [0, 0.1) is 5.82 Å². The van der Waals surface area contributed by atoms with Gasteiger partial charge in [0.1, 0.15) is 24.2 Å². The van der Waals surface area contributed by atoms with Crippen LogP contribution in [0.15, 0.2) is 103 Å². The van der Waals surface area contributed by atoms with Crippen LogP contribution >= 0.6 is 0 Å². The zero-order valence-corrected chi connectivity index (χ0v) is 22.4. The molecule has 210 valence electrons. The van der Waals surface area contributed by atoms with Crippen molar-refractivity contribution in [2.24, 2.45) is 0 Å². The van der Waals surface area contributed by atoms with Gasteiger partial charge in [0.05, 0.1) is 6.54 Å². The average Bonchev–Trinajstić information content (AvgIpc) is 2.98. The number of hydrogen-bond acceptors (Lipinski definition) is 6. The Kier molecular flexibility index (Phi) is 10.3. The van der Waals surface area contributed by atoms with Crippen LogP contribution in [0.5, 0.6) is 5.75 Å². The predicted molar refractivity (Wildman–Crippen MR) is 155 cm³/mol. The van der Waals surface area contributed by atoms with E-state index in [-0.39, 0.29) is 36.8 Å². The fourth-order valence-corrected chi connectivity index (χ4v) is 4.30. The van der Waals surface area contributed by atoms with E-state index >= 15 is 0 Å². The monoisotopic (exact) mass is 554 g/mol. The number of carbonyl (C=O) groups excluding carboxylic acids is 2.